The summed E-state index contributed by atoms with van der Waals surface area (Å²) in [5, 5.41) is 9.10. The first kappa shape index (κ1) is 8.63. The molecule has 0 aliphatic heterocycles. The number of hydrogen-bond donors (Lipinski definition) is 1. The van der Waals surface area contributed by atoms with Crippen LogP contribution >= 0.6 is 0 Å². The van der Waals surface area contributed by atoms with Gasteiger partial charge in [0.25, 0.3) is 0 Å². The molecule has 0 aliphatic rings. The maximum atomic E-state index is 10.7. The van der Waals surface area contributed by atoms with Gasteiger partial charge in [-0.25, -0.2) is 0 Å². The maximum absolute atomic E-state index is 10.7. The molecule has 2 heteroatoms. The molecule has 0 fully saturated rings. The molecule has 0 amide bonds. The van der Waals surface area contributed by atoms with Crippen molar-refractivity contribution in [3.05, 3.63) is 0 Å². The number of carbonyl (C=O) groups is 1. The Hall–Kier alpha value is -0.370. The molecule has 0 rings (SSSR count). The van der Waals surface area contributed by atoms with E-state index < -0.39 is 5.60 Å². The summed E-state index contributed by atoms with van der Waals surface area (Å²) in [6, 6.07) is 0. The molecule has 0 aromatic heterocycles. The third kappa shape index (κ3) is 5.50. The highest BCUT2D eigenvalue weighted by atomic mass is 16.3. The molecule has 0 aromatic rings. The third-order valence-electron chi connectivity index (χ3n) is 1.02. The van der Waals surface area contributed by atoms with Gasteiger partial charge in [-0.3, -0.25) is 4.79 Å². The number of hydrogen-bond acceptors (Lipinski definition) is 2. The number of rotatable bonds is 3. The molecular formula is C7H14O2. The summed E-state index contributed by atoms with van der Waals surface area (Å²) in [4.78, 5) is 10.7. The SMILES string of the molecule is CCC(=O)CC(C)(C)O. The lowest BCUT2D eigenvalue weighted by molar-refractivity contribution is -0.122. The Bertz CT molecular complexity index is 100.0. The minimum absolute atomic E-state index is 0.113. The van der Waals surface area contributed by atoms with Crippen LogP contribution in [0.15, 0.2) is 0 Å². The number of aliphatic hydroxyl groups is 1. The molecule has 0 atom stereocenters. The van der Waals surface area contributed by atoms with Crippen molar-refractivity contribution in [3.63, 3.8) is 0 Å². The Kier molecular flexibility index (Phi) is 2.85. The number of Topliss-reactive ketones (excluding diaryl/α,β-unsaturated/α-hetero) is 1. The fraction of sp³-hybridized carbons (Fsp3) is 0.857. The summed E-state index contributed by atoms with van der Waals surface area (Å²) in [6.07, 6.45) is 0.785. The minimum Gasteiger partial charge on any atom is -0.390 e. The highest BCUT2D eigenvalue weighted by molar-refractivity contribution is 5.78. The van der Waals surface area contributed by atoms with E-state index in [0.29, 0.717) is 6.42 Å². The van der Waals surface area contributed by atoms with E-state index in [1.165, 1.54) is 0 Å². The van der Waals surface area contributed by atoms with Crippen LogP contribution in [0.3, 0.4) is 0 Å². The first-order chi connectivity index (χ1) is 3.95. The predicted molar refractivity (Wildman–Crippen MR) is 36.2 cm³/mol. The molecular weight excluding hydrogens is 116 g/mol. The summed E-state index contributed by atoms with van der Waals surface area (Å²) < 4.78 is 0. The van der Waals surface area contributed by atoms with E-state index in [1.54, 1.807) is 20.8 Å². The lowest BCUT2D eigenvalue weighted by Gasteiger charge is -2.14. The van der Waals surface area contributed by atoms with Crippen molar-refractivity contribution in [2.75, 3.05) is 0 Å². The summed E-state index contributed by atoms with van der Waals surface area (Å²) in [5.74, 6) is 0.113. The molecule has 1 N–H and O–H groups in total. The minimum atomic E-state index is -0.826. The first-order valence-electron chi connectivity index (χ1n) is 3.20. The Balaban J connectivity index is 3.60. The van der Waals surface area contributed by atoms with Gasteiger partial charge in [0, 0.05) is 12.8 Å². The molecule has 0 radical (unpaired) electrons. The van der Waals surface area contributed by atoms with Crippen LogP contribution < -0.4 is 0 Å². The van der Waals surface area contributed by atoms with Crippen molar-refractivity contribution in [2.24, 2.45) is 0 Å². The molecule has 0 aliphatic carbocycles. The molecule has 2 nitrogen and oxygen atoms in total. The van der Waals surface area contributed by atoms with Crippen molar-refractivity contribution < 1.29 is 9.90 Å². The van der Waals surface area contributed by atoms with Crippen molar-refractivity contribution in [3.8, 4) is 0 Å². The summed E-state index contributed by atoms with van der Waals surface area (Å²) in [7, 11) is 0. The second-order valence-electron chi connectivity index (χ2n) is 2.88. The Labute approximate surface area is 55.9 Å². The molecule has 9 heavy (non-hydrogen) atoms. The molecule has 0 aromatic carbocycles. The van der Waals surface area contributed by atoms with Gasteiger partial charge in [0.1, 0.15) is 5.78 Å². The van der Waals surface area contributed by atoms with E-state index in [9.17, 15) is 4.79 Å². The second kappa shape index (κ2) is 2.97. The third-order valence-corrected chi connectivity index (χ3v) is 1.02. The van der Waals surface area contributed by atoms with Gasteiger partial charge in [-0.15, -0.1) is 0 Å². The molecule has 0 bridgehead atoms. The Morgan fingerprint density at radius 3 is 2.11 bits per heavy atom. The fourth-order valence-electron chi connectivity index (χ4n) is 0.608. The average Bonchev–Trinajstić information content (AvgIpc) is 1.62. The van der Waals surface area contributed by atoms with Crippen LogP contribution in [0, 0.1) is 0 Å². The van der Waals surface area contributed by atoms with Crippen LogP contribution in [-0.2, 0) is 4.79 Å². The van der Waals surface area contributed by atoms with Gasteiger partial charge in [0.2, 0.25) is 0 Å². The smallest absolute Gasteiger partial charge is 0.135 e. The van der Waals surface area contributed by atoms with E-state index in [0.717, 1.165) is 0 Å². The topological polar surface area (TPSA) is 37.3 Å². The molecule has 0 saturated carbocycles. The van der Waals surface area contributed by atoms with Crippen LogP contribution in [0.2, 0.25) is 0 Å². The standard InChI is InChI=1S/C7H14O2/c1-4-6(8)5-7(2,3)9/h9H,4-5H2,1-3H3. The number of carbonyl (C=O) groups excluding carboxylic acids is 1. The largest absolute Gasteiger partial charge is 0.390 e. The molecule has 0 heterocycles. The number of ketones is 1. The highest BCUT2D eigenvalue weighted by Gasteiger charge is 2.15. The normalized spacial score (nSPS) is 11.6. The van der Waals surface area contributed by atoms with Gasteiger partial charge in [-0.05, 0) is 13.8 Å². The molecule has 0 unspecified atom stereocenters. The van der Waals surface area contributed by atoms with Crippen LogP contribution in [0.25, 0.3) is 0 Å². The Morgan fingerprint density at radius 2 is 2.00 bits per heavy atom. The van der Waals surface area contributed by atoms with Gasteiger partial charge in [0.15, 0.2) is 0 Å². The van der Waals surface area contributed by atoms with Crippen molar-refractivity contribution in [1.82, 2.24) is 0 Å². The van der Waals surface area contributed by atoms with E-state index in [-0.39, 0.29) is 12.2 Å². The van der Waals surface area contributed by atoms with Gasteiger partial charge < -0.3 is 5.11 Å². The van der Waals surface area contributed by atoms with Crippen molar-refractivity contribution in [1.29, 1.82) is 0 Å². The monoisotopic (exact) mass is 130 g/mol. The zero-order valence-corrected chi connectivity index (χ0v) is 6.27. The van der Waals surface area contributed by atoms with Crippen LogP contribution in [0.1, 0.15) is 33.6 Å². The maximum Gasteiger partial charge on any atom is 0.135 e. The molecule has 0 saturated heterocycles. The van der Waals surface area contributed by atoms with Gasteiger partial charge >= 0.3 is 0 Å². The van der Waals surface area contributed by atoms with Gasteiger partial charge in [0.05, 0.1) is 5.60 Å². The summed E-state index contributed by atoms with van der Waals surface area (Å²) in [6.45, 7) is 5.08. The lowest BCUT2D eigenvalue weighted by atomic mass is 10.0. The van der Waals surface area contributed by atoms with Gasteiger partial charge in [-0.2, -0.15) is 0 Å². The first-order valence-corrected chi connectivity index (χ1v) is 3.20. The van der Waals surface area contributed by atoms with Crippen LogP contribution in [0.4, 0.5) is 0 Å². The lowest BCUT2D eigenvalue weighted by Crippen LogP contribution is -2.22. The van der Waals surface area contributed by atoms with Crippen molar-refractivity contribution in [2.45, 2.75) is 39.2 Å². The van der Waals surface area contributed by atoms with E-state index in [1.807, 2.05) is 0 Å². The molecule has 54 valence electrons. The van der Waals surface area contributed by atoms with E-state index >= 15 is 0 Å². The van der Waals surface area contributed by atoms with E-state index in [2.05, 4.69) is 0 Å². The van der Waals surface area contributed by atoms with E-state index in [4.69, 9.17) is 5.11 Å². The fourth-order valence-corrected chi connectivity index (χ4v) is 0.608. The zero-order valence-electron chi connectivity index (χ0n) is 6.27. The quantitative estimate of drug-likeness (QED) is 0.621. The van der Waals surface area contributed by atoms with Gasteiger partial charge in [-0.1, -0.05) is 6.92 Å². The van der Waals surface area contributed by atoms with Crippen LogP contribution in [0.5, 0.6) is 0 Å². The summed E-state index contributed by atoms with van der Waals surface area (Å²) >= 11 is 0. The average molecular weight is 130 g/mol. The zero-order chi connectivity index (χ0) is 7.49. The van der Waals surface area contributed by atoms with Crippen molar-refractivity contribution >= 4 is 5.78 Å². The highest BCUT2D eigenvalue weighted by Crippen LogP contribution is 2.08. The Morgan fingerprint density at radius 1 is 1.56 bits per heavy atom. The predicted octanol–water partition coefficient (Wildman–Crippen LogP) is 1.13. The van der Waals surface area contributed by atoms with Crippen LogP contribution in [-0.4, -0.2) is 16.5 Å². The summed E-state index contributed by atoms with van der Waals surface area (Å²) in [5.41, 5.74) is -0.826. The molecule has 0 spiro atoms. The second-order valence-corrected chi connectivity index (χ2v) is 2.88.